The van der Waals surface area contributed by atoms with Crippen molar-refractivity contribution >= 4 is 17.3 Å². The molecule has 0 spiro atoms. The van der Waals surface area contributed by atoms with Gasteiger partial charge >= 0.3 is 0 Å². The third-order valence-corrected chi connectivity index (χ3v) is 3.14. The highest BCUT2D eigenvalue weighted by molar-refractivity contribution is 6.05. The number of methoxy groups -OCH3 is 1. The number of benzene rings is 1. The Morgan fingerprint density at radius 3 is 2.88 bits per heavy atom. The smallest absolute Gasteiger partial charge is 0.234 e. The number of ether oxygens (including phenoxy) is 1. The van der Waals surface area contributed by atoms with Gasteiger partial charge in [-0.2, -0.15) is 0 Å². The summed E-state index contributed by atoms with van der Waals surface area (Å²) in [5.41, 5.74) is 2.53. The lowest BCUT2D eigenvalue weighted by Gasteiger charge is -2.16. The molecule has 1 aliphatic rings. The summed E-state index contributed by atoms with van der Waals surface area (Å²) in [4.78, 5) is 11.8. The van der Waals surface area contributed by atoms with E-state index in [2.05, 4.69) is 10.6 Å². The molecule has 1 aliphatic heterocycles. The molecule has 0 fully saturated rings. The van der Waals surface area contributed by atoms with Crippen LogP contribution in [0, 0.1) is 0 Å². The van der Waals surface area contributed by atoms with Gasteiger partial charge in [-0.25, -0.2) is 0 Å². The maximum atomic E-state index is 11.8. The first kappa shape index (κ1) is 11.9. The van der Waals surface area contributed by atoms with Crippen LogP contribution in [-0.2, 0) is 14.9 Å². The normalized spacial score (nSPS) is 16.5. The van der Waals surface area contributed by atoms with E-state index in [1.54, 1.807) is 7.11 Å². The van der Waals surface area contributed by atoms with Gasteiger partial charge in [-0.3, -0.25) is 4.79 Å². The van der Waals surface area contributed by atoms with Gasteiger partial charge in [0.25, 0.3) is 0 Å². The van der Waals surface area contributed by atoms with Crippen LogP contribution in [0.25, 0.3) is 0 Å². The Hall–Kier alpha value is -1.55. The van der Waals surface area contributed by atoms with Crippen molar-refractivity contribution in [2.45, 2.75) is 19.3 Å². The molecule has 4 nitrogen and oxygen atoms in total. The first-order chi connectivity index (χ1) is 8.05. The van der Waals surface area contributed by atoms with E-state index in [-0.39, 0.29) is 5.91 Å². The van der Waals surface area contributed by atoms with E-state index < -0.39 is 5.41 Å². The van der Waals surface area contributed by atoms with Gasteiger partial charge in [-0.05, 0) is 37.6 Å². The van der Waals surface area contributed by atoms with Crippen LogP contribution in [0.5, 0.6) is 0 Å². The molecule has 1 amide bonds. The fraction of sp³-hybridized carbons (Fsp3) is 0.462. The standard InChI is InChI=1S/C13H18N2O2/c1-13(2)10-8-9(14-6-7-17-3)4-5-11(10)15-12(13)16/h4-5,8,14H,6-7H2,1-3H3,(H,15,16). The zero-order valence-corrected chi connectivity index (χ0v) is 10.5. The Kier molecular flexibility index (Phi) is 3.07. The van der Waals surface area contributed by atoms with E-state index in [1.807, 2.05) is 32.0 Å². The molecule has 92 valence electrons. The van der Waals surface area contributed by atoms with Crippen molar-refractivity contribution in [3.8, 4) is 0 Å². The summed E-state index contributed by atoms with van der Waals surface area (Å²) in [5.74, 6) is 0.0570. The predicted octanol–water partition coefficient (Wildman–Crippen LogP) is 1.97. The minimum Gasteiger partial charge on any atom is -0.383 e. The van der Waals surface area contributed by atoms with Gasteiger partial charge in [0, 0.05) is 25.0 Å². The predicted molar refractivity (Wildman–Crippen MR) is 68.5 cm³/mol. The molecule has 0 saturated heterocycles. The second-order valence-corrected chi connectivity index (χ2v) is 4.76. The Morgan fingerprint density at radius 1 is 1.41 bits per heavy atom. The molecule has 4 heteroatoms. The molecule has 1 aromatic carbocycles. The topological polar surface area (TPSA) is 50.4 Å². The third-order valence-electron chi connectivity index (χ3n) is 3.14. The number of carbonyl (C=O) groups excluding carboxylic acids is 1. The fourth-order valence-corrected chi connectivity index (χ4v) is 1.98. The van der Waals surface area contributed by atoms with Crippen LogP contribution in [0.15, 0.2) is 18.2 Å². The Bertz CT molecular complexity index is 441. The van der Waals surface area contributed by atoms with Crippen LogP contribution in [0.4, 0.5) is 11.4 Å². The van der Waals surface area contributed by atoms with Crippen LogP contribution in [0.2, 0.25) is 0 Å². The zero-order chi connectivity index (χ0) is 12.5. The molecule has 0 saturated carbocycles. The zero-order valence-electron chi connectivity index (χ0n) is 10.5. The number of nitrogens with one attached hydrogen (secondary N) is 2. The molecule has 0 radical (unpaired) electrons. The largest absolute Gasteiger partial charge is 0.383 e. The minimum absolute atomic E-state index is 0.0570. The Balaban J connectivity index is 2.20. The van der Waals surface area contributed by atoms with Crippen molar-refractivity contribution in [2.24, 2.45) is 0 Å². The maximum Gasteiger partial charge on any atom is 0.234 e. The first-order valence-electron chi connectivity index (χ1n) is 5.74. The number of rotatable bonds is 4. The van der Waals surface area contributed by atoms with Crippen LogP contribution in [0.1, 0.15) is 19.4 Å². The summed E-state index contributed by atoms with van der Waals surface area (Å²) in [5, 5.41) is 6.15. The quantitative estimate of drug-likeness (QED) is 0.783. The van der Waals surface area contributed by atoms with Crippen molar-refractivity contribution in [3.05, 3.63) is 23.8 Å². The number of hydrogen-bond donors (Lipinski definition) is 2. The van der Waals surface area contributed by atoms with Gasteiger partial charge in [0.05, 0.1) is 12.0 Å². The molecular weight excluding hydrogens is 216 g/mol. The van der Waals surface area contributed by atoms with E-state index in [1.165, 1.54) is 0 Å². The monoisotopic (exact) mass is 234 g/mol. The molecule has 0 atom stereocenters. The van der Waals surface area contributed by atoms with Crippen LogP contribution in [-0.4, -0.2) is 26.2 Å². The van der Waals surface area contributed by atoms with Gasteiger partial charge < -0.3 is 15.4 Å². The Labute approximate surface area is 101 Å². The van der Waals surface area contributed by atoms with Crippen molar-refractivity contribution in [3.63, 3.8) is 0 Å². The Morgan fingerprint density at radius 2 is 2.18 bits per heavy atom. The van der Waals surface area contributed by atoms with Crippen LogP contribution in [0.3, 0.4) is 0 Å². The van der Waals surface area contributed by atoms with E-state index in [9.17, 15) is 4.79 Å². The molecule has 1 aromatic rings. The maximum absolute atomic E-state index is 11.8. The summed E-state index contributed by atoms with van der Waals surface area (Å²) in [6.45, 7) is 5.30. The van der Waals surface area contributed by atoms with E-state index in [4.69, 9.17) is 4.74 Å². The molecule has 17 heavy (non-hydrogen) atoms. The van der Waals surface area contributed by atoms with Crippen molar-refractivity contribution in [1.82, 2.24) is 0 Å². The molecule has 0 aromatic heterocycles. The van der Waals surface area contributed by atoms with Gasteiger partial charge in [0.1, 0.15) is 0 Å². The van der Waals surface area contributed by atoms with Crippen LogP contribution < -0.4 is 10.6 Å². The van der Waals surface area contributed by atoms with Crippen molar-refractivity contribution in [1.29, 1.82) is 0 Å². The van der Waals surface area contributed by atoms with E-state index in [0.717, 1.165) is 23.5 Å². The van der Waals surface area contributed by atoms with E-state index >= 15 is 0 Å². The second kappa shape index (κ2) is 4.37. The SMILES string of the molecule is COCCNc1ccc2c(c1)C(C)(C)C(=O)N2. The average Bonchev–Trinajstić information content (AvgIpc) is 2.51. The highest BCUT2D eigenvalue weighted by Gasteiger charge is 2.38. The van der Waals surface area contributed by atoms with Gasteiger partial charge in [0.15, 0.2) is 0 Å². The fourth-order valence-electron chi connectivity index (χ4n) is 1.98. The molecule has 1 heterocycles. The van der Waals surface area contributed by atoms with Crippen molar-refractivity contribution in [2.75, 3.05) is 30.9 Å². The number of anilines is 2. The number of amides is 1. The summed E-state index contributed by atoms with van der Waals surface area (Å²) in [7, 11) is 1.68. The minimum atomic E-state index is -0.450. The first-order valence-corrected chi connectivity index (χ1v) is 5.74. The molecule has 2 rings (SSSR count). The van der Waals surface area contributed by atoms with Crippen molar-refractivity contribution < 1.29 is 9.53 Å². The molecule has 0 bridgehead atoms. The highest BCUT2D eigenvalue weighted by atomic mass is 16.5. The molecule has 0 aliphatic carbocycles. The van der Waals surface area contributed by atoms with Crippen LogP contribution >= 0.6 is 0 Å². The van der Waals surface area contributed by atoms with Gasteiger partial charge in [0.2, 0.25) is 5.91 Å². The molecular formula is C13H18N2O2. The van der Waals surface area contributed by atoms with E-state index in [0.29, 0.717) is 6.61 Å². The lowest BCUT2D eigenvalue weighted by molar-refractivity contribution is -0.119. The molecule has 0 unspecified atom stereocenters. The number of hydrogen-bond acceptors (Lipinski definition) is 3. The number of fused-ring (bicyclic) bond motifs is 1. The van der Waals surface area contributed by atoms with Gasteiger partial charge in [-0.15, -0.1) is 0 Å². The summed E-state index contributed by atoms with van der Waals surface area (Å²) >= 11 is 0. The third kappa shape index (κ3) is 2.13. The molecule has 2 N–H and O–H groups in total. The lowest BCUT2D eigenvalue weighted by Crippen LogP contribution is -2.26. The summed E-state index contributed by atoms with van der Waals surface area (Å²) in [6.07, 6.45) is 0. The number of carbonyl (C=O) groups is 1. The average molecular weight is 234 g/mol. The van der Waals surface area contributed by atoms with Gasteiger partial charge in [-0.1, -0.05) is 0 Å². The second-order valence-electron chi connectivity index (χ2n) is 4.76. The summed E-state index contributed by atoms with van der Waals surface area (Å²) < 4.78 is 4.99. The lowest BCUT2D eigenvalue weighted by atomic mass is 9.86. The highest BCUT2D eigenvalue weighted by Crippen LogP contribution is 2.38. The summed E-state index contributed by atoms with van der Waals surface area (Å²) in [6, 6.07) is 5.94.